The lowest BCUT2D eigenvalue weighted by atomic mass is 10.2. The highest BCUT2D eigenvalue weighted by Crippen LogP contribution is 2.16. The maximum absolute atomic E-state index is 11.2. The van der Waals surface area contributed by atoms with Crippen LogP contribution in [0, 0.1) is 12.3 Å². The van der Waals surface area contributed by atoms with E-state index in [0.29, 0.717) is 6.54 Å². The Bertz CT molecular complexity index is 398. The summed E-state index contributed by atoms with van der Waals surface area (Å²) in [6, 6.07) is 7.60. The number of benzene rings is 1. The third-order valence-electron chi connectivity index (χ3n) is 1.84. The topological polar surface area (TPSA) is 38.3 Å². The minimum atomic E-state index is -0.314. The van der Waals surface area contributed by atoms with Gasteiger partial charge in [0.2, 0.25) is 0 Å². The van der Waals surface area contributed by atoms with Gasteiger partial charge in [-0.25, -0.2) is 0 Å². The van der Waals surface area contributed by atoms with Gasteiger partial charge in [0.15, 0.2) is 0 Å². The summed E-state index contributed by atoms with van der Waals surface area (Å²) in [5.74, 6) is 2.07. The SMILES string of the molecule is C#CCNCC(=O)OCc1ccccc1Br. The molecule has 0 aliphatic rings. The molecule has 4 heteroatoms. The summed E-state index contributed by atoms with van der Waals surface area (Å²) in [5, 5.41) is 2.76. The zero-order chi connectivity index (χ0) is 11.8. The molecular formula is C12H12BrNO2. The summed E-state index contributed by atoms with van der Waals surface area (Å²) in [7, 11) is 0. The van der Waals surface area contributed by atoms with Crippen molar-refractivity contribution in [3.8, 4) is 12.3 Å². The van der Waals surface area contributed by atoms with Crippen LogP contribution in [0.15, 0.2) is 28.7 Å². The van der Waals surface area contributed by atoms with Crippen molar-refractivity contribution in [2.24, 2.45) is 0 Å². The predicted octanol–water partition coefficient (Wildman–Crippen LogP) is 1.72. The minimum absolute atomic E-state index is 0.134. The second-order valence-corrected chi connectivity index (χ2v) is 3.91. The first-order chi connectivity index (χ1) is 7.74. The van der Waals surface area contributed by atoms with Crippen LogP contribution >= 0.6 is 15.9 Å². The molecule has 0 atom stereocenters. The van der Waals surface area contributed by atoms with E-state index in [1.807, 2.05) is 24.3 Å². The van der Waals surface area contributed by atoms with Gasteiger partial charge in [-0.1, -0.05) is 40.0 Å². The van der Waals surface area contributed by atoms with Gasteiger partial charge in [-0.05, 0) is 6.07 Å². The van der Waals surface area contributed by atoms with Crippen LogP contribution in [0.3, 0.4) is 0 Å². The Morgan fingerprint density at radius 2 is 2.25 bits per heavy atom. The van der Waals surface area contributed by atoms with Crippen molar-refractivity contribution in [2.75, 3.05) is 13.1 Å². The van der Waals surface area contributed by atoms with E-state index in [1.165, 1.54) is 0 Å². The number of halogens is 1. The smallest absolute Gasteiger partial charge is 0.320 e. The zero-order valence-corrected chi connectivity index (χ0v) is 10.3. The second kappa shape index (κ2) is 7.04. The van der Waals surface area contributed by atoms with Gasteiger partial charge in [0.25, 0.3) is 0 Å². The average molecular weight is 282 g/mol. The molecule has 0 aromatic heterocycles. The molecule has 0 aliphatic heterocycles. The number of rotatable bonds is 5. The van der Waals surface area contributed by atoms with Crippen LogP contribution in [0.1, 0.15) is 5.56 Å². The number of carbonyl (C=O) groups is 1. The maximum Gasteiger partial charge on any atom is 0.320 e. The number of carbonyl (C=O) groups excluding carboxylic acids is 1. The van der Waals surface area contributed by atoms with Crippen molar-refractivity contribution in [1.82, 2.24) is 5.32 Å². The molecule has 0 fully saturated rings. The number of terminal acetylenes is 1. The molecule has 0 spiro atoms. The number of hydrogen-bond acceptors (Lipinski definition) is 3. The highest BCUT2D eigenvalue weighted by molar-refractivity contribution is 9.10. The predicted molar refractivity (Wildman–Crippen MR) is 65.6 cm³/mol. The summed E-state index contributed by atoms with van der Waals surface area (Å²) in [5.41, 5.74) is 0.938. The molecule has 0 amide bonds. The third-order valence-corrected chi connectivity index (χ3v) is 2.62. The first-order valence-corrected chi connectivity index (χ1v) is 5.56. The molecule has 1 aromatic rings. The second-order valence-electron chi connectivity index (χ2n) is 3.06. The average Bonchev–Trinajstić information content (AvgIpc) is 2.28. The zero-order valence-electron chi connectivity index (χ0n) is 8.70. The fraction of sp³-hybridized carbons (Fsp3) is 0.250. The minimum Gasteiger partial charge on any atom is -0.460 e. The largest absolute Gasteiger partial charge is 0.460 e. The van der Waals surface area contributed by atoms with E-state index >= 15 is 0 Å². The molecule has 1 rings (SSSR count). The van der Waals surface area contributed by atoms with E-state index < -0.39 is 0 Å². The molecule has 0 radical (unpaired) electrons. The molecule has 0 saturated heterocycles. The van der Waals surface area contributed by atoms with E-state index in [2.05, 4.69) is 27.2 Å². The van der Waals surface area contributed by atoms with Gasteiger partial charge in [0, 0.05) is 10.0 Å². The van der Waals surface area contributed by atoms with Crippen molar-refractivity contribution in [3.63, 3.8) is 0 Å². The van der Waals surface area contributed by atoms with E-state index in [9.17, 15) is 4.79 Å². The van der Waals surface area contributed by atoms with Crippen molar-refractivity contribution in [1.29, 1.82) is 0 Å². The van der Waals surface area contributed by atoms with Crippen molar-refractivity contribution >= 4 is 21.9 Å². The molecule has 0 saturated carbocycles. The molecule has 0 aliphatic carbocycles. The van der Waals surface area contributed by atoms with Crippen molar-refractivity contribution < 1.29 is 9.53 Å². The van der Waals surface area contributed by atoms with E-state index in [4.69, 9.17) is 11.2 Å². The molecule has 1 aromatic carbocycles. The normalized spacial score (nSPS) is 9.50. The van der Waals surface area contributed by atoms with E-state index in [1.54, 1.807) is 0 Å². The monoisotopic (exact) mass is 281 g/mol. The molecule has 1 N–H and O–H groups in total. The van der Waals surface area contributed by atoms with Gasteiger partial charge in [-0.3, -0.25) is 10.1 Å². The molecule has 0 unspecified atom stereocenters. The number of ether oxygens (including phenoxy) is 1. The Balaban J connectivity index is 2.32. The Morgan fingerprint density at radius 3 is 2.94 bits per heavy atom. The highest BCUT2D eigenvalue weighted by Gasteiger charge is 2.04. The fourth-order valence-corrected chi connectivity index (χ4v) is 1.46. The Labute approximate surface area is 103 Å². The number of hydrogen-bond donors (Lipinski definition) is 1. The first-order valence-electron chi connectivity index (χ1n) is 4.77. The van der Waals surface area contributed by atoms with Crippen LogP contribution in [0.25, 0.3) is 0 Å². The standard InChI is InChI=1S/C12H12BrNO2/c1-2-7-14-8-12(15)16-9-10-5-3-4-6-11(10)13/h1,3-6,14H,7-9H2. The van der Waals surface area contributed by atoms with Gasteiger partial charge < -0.3 is 4.74 Å². The highest BCUT2D eigenvalue weighted by atomic mass is 79.9. The van der Waals surface area contributed by atoms with Crippen LogP contribution in [0.2, 0.25) is 0 Å². The van der Waals surface area contributed by atoms with E-state index in [-0.39, 0.29) is 19.1 Å². The Hall–Kier alpha value is -1.31. The van der Waals surface area contributed by atoms with Gasteiger partial charge in [-0.15, -0.1) is 6.42 Å². The van der Waals surface area contributed by atoms with Crippen LogP contribution in [0.5, 0.6) is 0 Å². The Kier molecular flexibility index (Phi) is 5.62. The maximum atomic E-state index is 11.2. The summed E-state index contributed by atoms with van der Waals surface area (Å²) in [6.07, 6.45) is 5.03. The summed E-state index contributed by atoms with van der Waals surface area (Å²) in [4.78, 5) is 11.2. The molecule has 0 heterocycles. The van der Waals surface area contributed by atoms with Crippen molar-refractivity contribution in [2.45, 2.75) is 6.61 Å². The van der Waals surface area contributed by atoms with Crippen molar-refractivity contribution in [3.05, 3.63) is 34.3 Å². The van der Waals surface area contributed by atoms with Crippen LogP contribution in [0.4, 0.5) is 0 Å². The summed E-state index contributed by atoms with van der Waals surface area (Å²) in [6.45, 7) is 0.761. The summed E-state index contributed by atoms with van der Waals surface area (Å²) >= 11 is 3.38. The summed E-state index contributed by atoms with van der Waals surface area (Å²) < 4.78 is 5.99. The first kappa shape index (κ1) is 12.8. The number of nitrogens with one attached hydrogen (secondary N) is 1. The van der Waals surface area contributed by atoms with Crippen LogP contribution in [-0.4, -0.2) is 19.1 Å². The van der Waals surface area contributed by atoms with E-state index in [0.717, 1.165) is 10.0 Å². The van der Waals surface area contributed by atoms with Gasteiger partial charge in [0.1, 0.15) is 6.61 Å². The molecule has 84 valence electrons. The third kappa shape index (κ3) is 4.47. The van der Waals surface area contributed by atoms with Gasteiger partial charge in [-0.2, -0.15) is 0 Å². The fourth-order valence-electron chi connectivity index (χ4n) is 1.06. The lowest BCUT2D eigenvalue weighted by molar-refractivity contribution is -0.143. The molecule has 16 heavy (non-hydrogen) atoms. The lowest BCUT2D eigenvalue weighted by Crippen LogP contribution is -2.24. The molecule has 3 nitrogen and oxygen atoms in total. The molecular weight excluding hydrogens is 270 g/mol. The Morgan fingerprint density at radius 1 is 1.50 bits per heavy atom. The van der Waals surface area contributed by atoms with Crippen LogP contribution < -0.4 is 5.32 Å². The molecule has 0 bridgehead atoms. The van der Waals surface area contributed by atoms with Gasteiger partial charge in [0.05, 0.1) is 13.1 Å². The van der Waals surface area contributed by atoms with Gasteiger partial charge >= 0.3 is 5.97 Å². The quantitative estimate of drug-likeness (QED) is 0.507. The van der Waals surface area contributed by atoms with Crippen LogP contribution in [-0.2, 0) is 16.1 Å². The lowest BCUT2D eigenvalue weighted by Gasteiger charge is -2.06. The number of esters is 1.